The topological polar surface area (TPSA) is 9.23 Å². The quantitative estimate of drug-likeness (QED) is 0.559. The molecule has 15 heavy (non-hydrogen) atoms. The van der Waals surface area contributed by atoms with Gasteiger partial charge in [0.25, 0.3) is 0 Å². The van der Waals surface area contributed by atoms with E-state index >= 15 is 0 Å². The molecule has 82 valence electrons. The number of rotatable bonds is 6. The predicted octanol–water partition coefficient (Wildman–Crippen LogP) is 4.04. The maximum Gasteiger partial charge on any atom is 0.119 e. The average molecular weight is 269 g/mol. The van der Waals surface area contributed by atoms with E-state index in [9.17, 15) is 0 Å². The van der Waals surface area contributed by atoms with Crippen LogP contribution >= 0.6 is 15.9 Å². The smallest absolute Gasteiger partial charge is 0.119 e. The van der Waals surface area contributed by atoms with Gasteiger partial charge in [-0.2, -0.15) is 0 Å². The van der Waals surface area contributed by atoms with Crippen LogP contribution in [0, 0.1) is 5.41 Å². The summed E-state index contributed by atoms with van der Waals surface area (Å²) in [7, 11) is 0. The van der Waals surface area contributed by atoms with E-state index in [2.05, 4.69) is 29.4 Å². The van der Waals surface area contributed by atoms with Gasteiger partial charge in [-0.3, -0.25) is 0 Å². The zero-order chi connectivity index (χ0) is 11.1. The van der Waals surface area contributed by atoms with Crippen molar-refractivity contribution >= 4 is 15.9 Å². The molecule has 0 bridgehead atoms. The van der Waals surface area contributed by atoms with Crippen molar-refractivity contribution in [1.82, 2.24) is 0 Å². The molecule has 0 aromatic heterocycles. The second-order valence-electron chi connectivity index (χ2n) is 3.90. The van der Waals surface area contributed by atoms with Crippen molar-refractivity contribution < 1.29 is 4.74 Å². The van der Waals surface area contributed by atoms with Crippen molar-refractivity contribution in [1.29, 1.82) is 0 Å². The molecule has 2 heteroatoms. The third-order valence-corrected chi connectivity index (χ3v) is 3.76. The Kier molecular flexibility index (Phi) is 4.89. The molecule has 1 rings (SSSR count). The molecule has 0 N–H and O–H groups in total. The molecule has 0 aliphatic heterocycles. The van der Waals surface area contributed by atoms with E-state index in [4.69, 9.17) is 4.74 Å². The Hall–Kier alpha value is -0.760. The van der Waals surface area contributed by atoms with Crippen LogP contribution in [0.3, 0.4) is 0 Å². The summed E-state index contributed by atoms with van der Waals surface area (Å²) in [6.07, 6.45) is 2.95. The van der Waals surface area contributed by atoms with Crippen LogP contribution in [-0.4, -0.2) is 11.9 Å². The molecule has 0 spiro atoms. The first-order chi connectivity index (χ1) is 7.20. The summed E-state index contributed by atoms with van der Waals surface area (Å²) in [6.45, 7) is 6.73. The van der Waals surface area contributed by atoms with Crippen molar-refractivity contribution in [3.8, 4) is 5.75 Å². The lowest BCUT2D eigenvalue weighted by Crippen LogP contribution is -2.18. The third kappa shape index (κ3) is 4.08. The minimum absolute atomic E-state index is 0.120. The highest BCUT2D eigenvalue weighted by Crippen LogP contribution is 2.25. The number of alkyl halides is 1. The van der Waals surface area contributed by atoms with Gasteiger partial charge in [-0.15, -0.1) is 6.58 Å². The zero-order valence-electron chi connectivity index (χ0n) is 9.08. The molecule has 1 aromatic carbocycles. The largest absolute Gasteiger partial charge is 0.494 e. The molecule has 0 aliphatic carbocycles. The van der Waals surface area contributed by atoms with E-state index < -0.39 is 0 Å². The molecule has 0 fully saturated rings. The number of para-hydroxylation sites is 1. The van der Waals surface area contributed by atoms with Crippen LogP contribution in [0.4, 0.5) is 0 Å². The maximum atomic E-state index is 5.64. The summed E-state index contributed by atoms with van der Waals surface area (Å²) < 4.78 is 5.64. The highest BCUT2D eigenvalue weighted by molar-refractivity contribution is 9.09. The van der Waals surface area contributed by atoms with Gasteiger partial charge in [0.05, 0.1) is 6.61 Å². The zero-order valence-corrected chi connectivity index (χ0v) is 10.7. The van der Waals surface area contributed by atoms with E-state index in [-0.39, 0.29) is 5.41 Å². The number of ether oxygens (including phenoxy) is 1. The molecule has 0 amide bonds. The normalized spacial score (nSPS) is 14.3. The minimum Gasteiger partial charge on any atom is -0.494 e. The van der Waals surface area contributed by atoms with E-state index in [1.807, 2.05) is 36.4 Å². The van der Waals surface area contributed by atoms with Crippen molar-refractivity contribution in [2.75, 3.05) is 11.9 Å². The fourth-order valence-corrected chi connectivity index (χ4v) is 1.65. The van der Waals surface area contributed by atoms with Gasteiger partial charge in [-0.1, -0.05) is 47.1 Å². The van der Waals surface area contributed by atoms with Gasteiger partial charge in [0.2, 0.25) is 0 Å². The SMILES string of the molecule is C=CC(C)(CBr)CCOc1ccccc1. The van der Waals surface area contributed by atoms with E-state index in [0.717, 1.165) is 24.1 Å². The van der Waals surface area contributed by atoms with Crippen LogP contribution in [0.1, 0.15) is 13.3 Å². The lowest BCUT2D eigenvalue weighted by atomic mass is 9.90. The van der Waals surface area contributed by atoms with Gasteiger partial charge in [-0.05, 0) is 24.0 Å². The Balaban J connectivity index is 2.36. The van der Waals surface area contributed by atoms with E-state index in [0.29, 0.717) is 0 Å². The van der Waals surface area contributed by atoms with Gasteiger partial charge in [0, 0.05) is 5.33 Å². The van der Waals surface area contributed by atoms with Gasteiger partial charge in [-0.25, -0.2) is 0 Å². The molecule has 0 heterocycles. The molecule has 0 saturated heterocycles. The molecule has 1 unspecified atom stereocenters. The highest BCUT2D eigenvalue weighted by Gasteiger charge is 2.18. The van der Waals surface area contributed by atoms with Crippen molar-refractivity contribution in [2.24, 2.45) is 5.41 Å². The second kappa shape index (κ2) is 5.96. The molecule has 0 saturated carbocycles. The molecular formula is C13H17BrO. The predicted molar refractivity (Wildman–Crippen MR) is 68.7 cm³/mol. The Morgan fingerprint density at radius 2 is 2.07 bits per heavy atom. The van der Waals surface area contributed by atoms with Crippen molar-refractivity contribution in [3.05, 3.63) is 43.0 Å². The fraction of sp³-hybridized carbons (Fsp3) is 0.385. The second-order valence-corrected chi connectivity index (χ2v) is 4.46. The summed E-state index contributed by atoms with van der Waals surface area (Å²) in [5, 5.41) is 0.918. The van der Waals surface area contributed by atoms with Crippen molar-refractivity contribution in [3.63, 3.8) is 0 Å². The summed E-state index contributed by atoms with van der Waals surface area (Å²) in [6, 6.07) is 9.89. The van der Waals surface area contributed by atoms with Crippen LogP contribution in [-0.2, 0) is 0 Å². The third-order valence-electron chi connectivity index (χ3n) is 2.48. The van der Waals surface area contributed by atoms with Gasteiger partial charge >= 0.3 is 0 Å². The van der Waals surface area contributed by atoms with E-state index in [1.54, 1.807) is 0 Å². The Labute approximate surface area is 100 Å². The molecular weight excluding hydrogens is 252 g/mol. The van der Waals surface area contributed by atoms with Crippen LogP contribution in [0.2, 0.25) is 0 Å². The molecule has 1 aromatic rings. The first kappa shape index (κ1) is 12.3. The lowest BCUT2D eigenvalue weighted by Gasteiger charge is -2.22. The first-order valence-corrected chi connectivity index (χ1v) is 6.20. The highest BCUT2D eigenvalue weighted by atomic mass is 79.9. The van der Waals surface area contributed by atoms with Crippen LogP contribution in [0.25, 0.3) is 0 Å². The number of hydrogen-bond donors (Lipinski definition) is 0. The minimum atomic E-state index is 0.120. The van der Waals surface area contributed by atoms with Gasteiger partial charge in [0.15, 0.2) is 0 Å². The average Bonchev–Trinajstić information content (AvgIpc) is 2.30. The van der Waals surface area contributed by atoms with Crippen LogP contribution in [0.5, 0.6) is 5.75 Å². The summed E-state index contributed by atoms with van der Waals surface area (Å²) in [5.74, 6) is 0.929. The monoisotopic (exact) mass is 268 g/mol. The maximum absolute atomic E-state index is 5.64. The van der Waals surface area contributed by atoms with Crippen molar-refractivity contribution in [2.45, 2.75) is 13.3 Å². The number of allylic oxidation sites excluding steroid dienone is 1. The first-order valence-electron chi connectivity index (χ1n) is 5.07. The lowest BCUT2D eigenvalue weighted by molar-refractivity contribution is 0.264. The number of benzene rings is 1. The molecule has 0 aliphatic rings. The van der Waals surface area contributed by atoms with Crippen LogP contribution < -0.4 is 4.74 Å². The molecule has 1 nitrogen and oxygen atoms in total. The number of halogens is 1. The van der Waals surface area contributed by atoms with Gasteiger partial charge in [0.1, 0.15) is 5.75 Å². The van der Waals surface area contributed by atoms with Crippen LogP contribution in [0.15, 0.2) is 43.0 Å². The van der Waals surface area contributed by atoms with Gasteiger partial charge < -0.3 is 4.74 Å². The van der Waals surface area contributed by atoms with E-state index in [1.165, 1.54) is 0 Å². The Morgan fingerprint density at radius 3 is 2.60 bits per heavy atom. The standard InChI is InChI=1S/C13H17BrO/c1-3-13(2,11-14)9-10-15-12-7-5-4-6-8-12/h3-8H,1,9-11H2,2H3. The summed E-state index contributed by atoms with van der Waals surface area (Å²) in [5.41, 5.74) is 0.120. The fourth-order valence-electron chi connectivity index (χ4n) is 1.14. The summed E-state index contributed by atoms with van der Waals surface area (Å²) >= 11 is 3.49. The molecule has 1 atom stereocenters. The Morgan fingerprint density at radius 1 is 1.40 bits per heavy atom. The molecule has 0 radical (unpaired) electrons. The number of hydrogen-bond acceptors (Lipinski definition) is 1. The summed E-state index contributed by atoms with van der Waals surface area (Å²) in [4.78, 5) is 0. The Bertz CT molecular complexity index is 297.